The number of nitrogens with one attached hydrogen (secondary N) is 3. The number of amides is 4. The average molecular weight is 469 g/mol. The molecular weight excluding hydrogens is 441 g/mol. The largest absolute Gasteiger partial charge is 0.480 e. The lowest BCUT2D eigenvalue weighted by atomic mass is 9.81. The maximum absolute atomic E-state index is 13.8. The van der Waals surface area contributed by atoms with Gasteiger partial charge in [0.2, 0.25) is 0 Å². The molecule has 2 atom stereocenters. The van der Waals surface area contributed by atoms with E-state index in [1.807, 2.05) is 0 Å². The van der Waals surface area contributed by atoms with E-state index in [4.69, 9.17) is 23.7 Å². The minimum Gasteiger partial charge on any atom is -0.480 e. The summed E-state index contributed by atoms with van der Waals surface area (Å²) in [5.41, 5.74) is -1.40. The van der Waals surface area contributed by atoms with E-state index in [0.29, 0.717) is 39.6 Å². The van der Waals surface area contributed by atoms with Crippen molar-refractivity contribution >= 4 is 17.8 Å². The summed E-state index contributed by atoms with van der Waals surface area (Å²) in [5.74, 6) is -1.58. The highest BCUT2D eigenvalue weighted by Gasteiger charge is 2.54. The molecule has 0 aliphatic carbocycles. The first kappa shape index (κ1) is 24.8. The number of methoxy groups -OCH3 is 1. The summed E-state index contributed by atoms with van der Waals surface area (Å²) in [6, 6.07) is 2.89. The summed E-state index contributed by atoms with van der Waals surface area (Å²) < 4.78 is 40.4. The second kappa shape index (κ2) is 11.9. The molecule has 182 valence electrons. The predicted molar refractivity (Wildman–Crippen MR) is 111 cm³/mol. The zero-order chi connectivity index (χ0) is 23.7. The normalized spacial score (nSPS) is 21.3. The molecule has 1 aromatic carbocycles. The van der Waals surface area contributed by atoms with Gasteiger partial charge in [-0.2, -0.15) is 0 Å². The molecule has 1 saturated heterocycles. The van der Waals surface area contributed by atoms with E-state index in [9.17, 15) is 18.8 Å². The van der Waals surface area contributed by atoms with E-state index in [2.05, 4.69) is 16.0 Å². The molecule has 12 heteroatoms. The third-order valence-electron chi connectivity index (χ3n) is 5.12. The first-order chi connectivity index (χ1) is 16.0. The fourth-order valence-electron chi connectivity index (χ4n) is 3.54. The molecule has 1 aromatic rings. The maximum Gasteiger partial charge on any atom is 0.322 e. The molecule has 1 spiro atoms. The van der Waals surface area contributed by atoms with Crippen LogP contribution in [-0.4, -0.2) is 83.9 Å². The van der Waals surface area contributed by atoms with Crippen molar-refractivity contribution in [2.24, 2.45) is 0 Å². The molecule has 2 aliphatic heterocycles. The van der Waals surface area contributed by atoms with Crippen LogP contribution in [0.5, 0.6) is 5.75 Å². The quantitative estimate of drug-likeness (QED) is 0.268. The number of fused-ring (bicyclic) bond motifs is 2. The highest BCUT2D eigenvalue weighted by molar-refractivity contribution is 6.08. The summed E-state index contributed by atoms with van der Waals surface area (Å²) in [4.78, 5) is 36.9. The van der Waals surface area contributed by atoms with Gasteiger partial charge in [-0.15, -0.1) is 0 Å². The molecule has 2 aliphatic rings. The lowest BCUT2D eigenvalue weighted by Crippen LogP contribution is -2.54. The summed E-state index contributed by atoms with van der Waals surface area (Å²) in [7, 11) is 1.60. The molecule has 11 nitrogen and oxygen atoms in total. The van der Waals surface area contributed by atoms with Crippen LogP contribution in [0.4, 0.5) is 9.18 Å². The van der Waals surface area contributed by atoms with Crippen molar-refractivity contribution in [3.63, 3.8) is 0 Å². The van der Waals surface area contributed by atoms with Crippen LogP contribution in [0.25, 0.3) is 0 Å². The van der Waals surface area contributed by atoms with E-state index < -0.39 is 35.3 Å². The number of benzene rings is 1. The van der Waals surface area contributed by atoms with Gasteiger partial charge in [-0.05, 0) is 18.2 Å². The molecule has 0 aromatic heterocycles. The molecule has 2 unspecified atom stereocenters. The van der Waals surface area contributed by atoms with E-state index in [1.54, 1.807) is 7.11 Å². The molecule has 1 fully saturated rings. The fraction of sp³-hybridized carbons (Fsp3) is 0.571. The Morgan fingerprint density at radius 3 is 2.42 bits per heavy atom. The Labute approximate surface area is 190 Å². The molecule has 4 amide bonds. The predicted octanol–water partition coefficient (Wildman–Crippen LogP) is -0.176. The molecule has 2 heterocycles. The van der Waals surface area contributed by atoms with Gasteiger partial charge in [0.25, 0.3) is 11.8 Å². The molecule has 33 heavy (non-hydrogen) atoms. The van der Waals surface area contributed by atoms with Gasteiger partial charge in [0.05, 0.1) is 46.2 Å². The van der Waals surface area contributed by atoms with Crippen molar-refractivity contribution in [1.29, 1.82) is 0 Å². The fourth-order valence-corrected chi connectivity index (χ4v) is 3.54. The Balaban J connectivity index is 1.41. The second-order valence-electron chi connectivity index (χ2n) is 7.39. The van der Waals surface area contributed by atoms with E-state index in [0.717, 1.165) is 12.1 Å². The highest BCUT2D eigenvalue weighted by atomic mass is 19.1. The van der Waals surface area contributed by atoms with Crippen molar-refractivity contribution in [2.45, 2.75) is 18.1 Å². The number of hydrogen-bond acceptors (Lipinski definition) is 8. The highest BCUT2D eigenvalue weighted by Crippen LogP contribution is 2.41. The number of imide groups is 1. The zero-order valence-corrected chi connectivity index (χ0v) is 18.3. The molecule has 3 N–H and O–H groups in total. The smallest absolute Gasteiger partial charge is 0.322 e. The van der Waals surface area contributed by atoms with Crippen molar-refractivity contribution in [1.82, 2.24) is 16.0 Å². The van der Waals surface area contributed by atoms with Crippen molar-refractivity contribution in [3.8, 4) is 5.75 Å². The third-order valence-corrected chi connectivity index (χ3v) is 5.12. The molecule has 0 saturated carbocycles. The molecule has 0 bridgehead atoms. The summed E-state index contributed by atoms with van der Waals surface area (Å²) in [6.07, 6.45) is -1.23. The molecule has 3 rings (SSSR count). The number of urea groups is 1. The van der Waals surface area contributed by atoms with Crippen LogP contribution < -0.4 is 20.7 Å². The zero-order valence-electron chi connectivity index (χ0n) is 18.3. The number of halogens is 1. The number of rotatable bonds is 13. The maximum atomic E-state index is 13.8. The van der Waals surface area contributed by atoms with Crippen LogP contribution in [0.2, 0.25) is 0 Å². The van der Waals surface area contributed by atoms with Gasteiger partial charge in [0, 0.05) is 25.6 Å². The first-order valence-electron chi connectivity index (χ1n) is 10.6. The van der Waals surface area contributed by atoms with Gasteiger partial charge < -0.3 is 34.3 Å². The van der Waals surface area contributed by atoms with Crippen LogP contribution in [0, 0.1) is 5.82 Å². The minimum atomic E-state index is -1.57. The number of carbonyl (C=O) groups is 3. The Kier molecular flexibility index (Phi) is 8.95. The third kappa shape index (κ3) is 6.38. The lowest BCUT2D eigenvalue weighted by molar-refractivity contribution is -0.133. The van der Waals surface area contributed by atoms with E-state index >= 15 is 0 Å². The number of hydrogen-bond donors (Lipinski definition) is 3. The first-order valence-corrected chi connectivity index (χ1v) is 10.6. The standard InChI is InChI=1S/C21H28FN3O8/c1-29-6-7-31-10-11-32-9-8-30-5-4-23-18(26)17-13-21(19(27)24-20(28)25-21)15-12-14(22)2-3-16(15)33-17/h2-3,12,17H,4-11,13H2,1H3,(H,23,26)(H2,24,25,27,28). The van der Waals surface area contributed by atoms with Crippen LogP contribution in [-0.2, 0) is 34.1 Å². The summed E-state index contributed by atoms with van der Waals surface area (Å²) in [6.45, 7) is 3.16. The summed E-state index contributed by atoms with van der Waals surface area (Å²) in [5, 5.41) is 7.35. The van der Waals surface area contributed by atoms with Crippen molar-refractivity contribution < 1.29 is 42.5 Å². The van der Waals surface area contributed by atoms with Crippen molar-refractivity contribution in [2.75, 3.05) is 59.9 Å². The average Bonchev–Trinajstić information content (AvgIpc) is 3.07. The molecule has 0 radical (unpaired) electrons. The van der Waals surface area contributed by atoms with Crippen LogP contribution >= 0.6 is 0 Å². The lowest BCUT2D eigenvalue weighted by Gasteiger charge is -2.36. The van der Waals surface area contributed by atoms with Crippen molar-refractivity contribution in [3.05, 3.63) is 29.6 Å². The Morgan fingerprint density at radius 2 is 1.79 bits per heavy atom. The second-order valence-corrected chi connectivity index (χ2v) is 7.39. The summed E-state index contributed by atoms with van der Waals surface area (Å²) >= 11 is 0. The van der Waals surface area contributed by atoms with Gasteiger partial charge >= 0.3 is 6.03 Å². The van der Waals surface area contributed by atoms with Crippen LogP contribution in [0.15, 0.2) is 18.2 Å². The Hall–Kier alpha value is -2.80. The molecular formula is C21H28FN3O8. The topological polar surface area (TPSA) is 133 Å². The Bertz CT molecular complexity index is 855. The minimum absolute atomic E-state index is 0.153. The number of ether oxygens (including phenoxy) is 5. The van der Waals surface area contributed by atoms with Gasteiger partial charge in [0.15, 0.2) is 11.6 Å². The number of carbonyl (C=O) groups excluding carboxylic acids is 3. The van der Waals surface area contributed by atoms with E-state index in [-0.39, 0.29) is 30.9 Å². The van der Waals surface area contributed by atoms with Gasteiger partial charge in [-0.3, -0.25) is 14.9 Å². The van der Waals surface area contributed by atoms with Gasteiger partial charge in [0.1, 0.15) is 11.6 Å². The monoisotopic (exact) mass is 469 g/mol. The van der Waals surface area contributed by atoms with Gasteiger partial charge in [-0.25, -0.2) is 9.18 Å². The Morgan fingerprint density at radius 1 is 1.12 bits per heavy atom. The SMILES string of the molecule is COCCOCCOCCOCCNC(=O)C1CC2(NC(=O)NC2=O)c2cc(F)ccc2O1. The van der Waals surface area contributed by atoms with Gasteiger partial charge in [-0.1, -0.05) is 0 Å². The van der Waals surface area contributed by atoms with Crippen LogP contribution in [0.1, 0.15) is 12.0 Å². The van der Waals surface area contributed by atoms with E-state index in [1.165, 1.54) is 6.07 Å². The van der Waals surface area contributed by atoms with Crippen LogP contribution in [0.3, 0.4) is 0 Å².